The van der Waals surface area contributed by atoms with Crippen LogP contribution < -0.4 is 10.9 Å². The van der Waals surface area contributed by atoms with E-state index in [0.717, 1.165) is 62.4 Å². The summed E-state index contributed by atoms with van der Waals surface area (Å²) >= 11 is 0. The molecule has 1 aliphatic carbocycles. The molecule has 38 heavy (non-hydrogen) atoms. The minimum absolute atomic E-state index is 0.0564. The van der Waals surface area contributed by atoms with Gasteiger partial charge in [-0.1, -0.05) is 60.7 Å². The highest BCUT2D eigenvalue weighted by molar-refractivity contribution is 5.86. The number of hydrogen-bond acceptors (Lipinski definition) is 5. The maximum absolute atomic E-state index is 13.8. The monoisotopic (exact) mass is 508 g/mol. The standard InChI is InChI=1S/C31H32N4O3/c36-29(32-19-22-6-7-22)21-35-30(25-4-2-1-3-5-25)33-28-13-12-26(18-27(28)31(35)37)24-10-8-23(9-11-24)20-34-14-16-38-17-15-34/h1-5,8-13,18,22H,6-7,14-17,19-21H2,(H,32,36). The van der Waals surface area contributed by atoms with Gasteiger partial charge in [0.05, 0.1) is 24.1 Å². The third-order valence-corrected chi connectivity index (χ3v) is 7.37. The van der Waals surface area contributed by atoms with Crippen LogP contribution >= 0.6 is 0 Å². The van der Waals surface area contributed by atoms with Crippen LogP contribution in [0.5, 0.6) is 0 Å². The molecule has 1 aliphatic heterocycles. The molecule has 0 bridgehead atoms. The predicted molar refractivity (Wildman–Crippen MR) is 149 cm³/mol. The summed E-state index contributed by atoms with van der Waals surface area (Å²) in [5.74, 6) is 0.913. The molecular formula is C31H32N4O3. The van der Waals surface area contributed by atoms with Gasteiger partial charge in [0.2, 0.25) is 5.91 Å². The number of amides is 1. The summed E-state index contributed by atoms with van der Waals surface area (Å²) in [5.41, 5.74) is 4.47. The molecule has 1 amide bonds. The quantitative estimate of drug-likeness (QED) is 0.388. The highest BCUT2D eigenvalue weighted by Crippen LogP contribution is 2.28. The molecule has 3 aromatic carbocycles. The molecule has 1 saturated carbocycles. The van der Waals surface area contributed by atoms with Gasteiger partial charge in [-0.25, -0.2) is 4.98 Å². The molecule has 2 heterocycles. The van der Waals surface area contributed by atoms with Gasteiger partial charge < -0.3 is 10.1 Å². The van der Waals surface area contributed by atoms with Crippen molar-refractivity contribution in [1.29, 1.82) is 0 Å². The van der Waals surface area contributed by atoms with Gasteiger partial charge >= 0.3 is 0 Å². The SMILES string of the molecule is O=C(Cn1c(-c2ccccc2)nc2ccc(-c3ccc(CN4CCOCC4)cc3)cc2c1=O)NCC1CC1. The summed E-state index contributed by atoms with van der Waals surface area (Å²) in [4.78, 5) is 33.8. The van der Waals surface area contributed by atoms with Crippen molar-refractivity contribution in [3.8, 4) is 22.5 Å². The average molecular weight is 509 g/mol. The van der Waals surface area contributed by atoms with Crippen molar-refractivity contribution >= 4 is 16.8 Å². The second kappa shape index (κ2) is 10.9. The summed E-state index contributed by atoms with van der Waals surface area (Å²) in [6.45, 7) is 5.00. The lowest BCUT2D eigenvalue weighted by Gasteiger charge is -2.26. The zero-order valence-electron chi connectivity index (χ0n) is 21.4. The first-order chi connectivity index (χ1) is 18.6. The molecule has 7 nitrogen and oxygen atoms in total. The van der Waals surface area contributed by atoms with Gasteiger partial charge in [0.1, 0.15) is 12.4 Å². The molecule has 1 saturated heterocycles. The van der Waals surface area contributed by atoms with Crippen LogP contribution in [0.4, 0.5) is 0 Å². The van der Waals surface area contributed by atoms with Crippen molar-refractivity contribution < 1.29 is 9.53 Å². The lowest BCUT2D eigenvalue weighted by Crippen LogP contribution is -2.35. The Bertz CT molecular complexity index is 1490. The zero-order chi connectivity index (χ0) is 25.9. The summed E-state index contributed by atoms with van der Waals surface area (Å²) in [6, 6.07) is 23.9. The number of rotatable bonds is 8. The fourth-order valence-electron chi connectivity index (χ4n) is 4.95. The Morgan fingerprint density at radius 2 is 1.66 bits per heavy atom. The third kappa shape index (κ3) is 5.54. The van der Waals surface area contributed by atoms with Crippen LogP contribution in [0.15, 0.2) is 77.6 Å². The molecule has 1 aromatic heterocycles. The minimum Gasteiger partial charge on any atom is -0.379 e. The Labute approximate surface area is 222 Å². The lowest BCUT2D eigenvalue weighted by atomic mass is 10.0. The van der Waals surface area contributed by atoms with Gasteiger partial charge in [-0.15, -0.1) is 0 Å². The number of morpholine rings is 1. The Morgan fingerprint density at radius 1 is 0.921 bits per heavy atom. The topological polar surface area (TPSA) is 76.5 Å². The normalized spacial score (nSPS) is 16.0. The Morgan fingerprint density at radius 3 is 2.39 bits per heavy atom. The molecule has 7 heteroatoms. The van der Waals surface area contributed by atoms with Crippen LogP contribution in [-0.4, -0.2) is 53.2 Å². The first-order valence-corrected chi connectivity index (χ1v) is 13.4. The molecule has 0 spiro atoms. The molecule has 6 rings (SSSR count). The number of nitrogens with one attached hydrogen (secondary N) is 1. The fraction of sp³-hybridized carbons (Fsp3) is 0.323. The molecule has 0 unspecified atom stereocenters. The molecule has 0 radical (unpaired) electrons. The van der Waals surface area contributed by atoms with E-state index in [0.29, 0.717) is 29.2 Å². The van der Waals surface area contributed by atoms with Gasteiger partial charge in [-0.3, -0.25) is 19.1 Å². The Kier molecular flexibility index (Phi) is 7.03. The van der Waals surface area contributed by atoms with Crippen LogP contribution in [0.2, 0.25) is 0 Å². The molecule has 2 fully saturated rings. The zero-order valence-corrected chi connectivity index (χ0v) is 21.4. The summed E-state index contributed by atoms with van der Waals surface area (Å²) in [6.07, 6.45) is 2.31. The smallest absolute Gasteiger partial charge is 0.262 e. The van der Waals surface area contributed by atoms with Crippen molar-refractivity contribution in [3.63, 3.8) is 0 Å². The van der Waals surface area contributed by atoms with Gasteiger partial charge in [0, 0.05) is 31.7 Å². The van der Waals surface area contributed by atoms with E-state index in [4.69, 9.17) is 9.72 Å². The van der Waals surface area contributed by atoms with E-state index in [2.05, 4.69) is 34.5 Å². The van der Waals surface area contributed by atoms with Crippen molar-refractivity contribution in [1.82, 2.24) is 19.8 Å². The van der Waals surface area contributed by atoms with Crippen molar-refractivity contribution in [3.05, 3.63) is 88.7 Å². The number of fused-ring (bicyclic) bond motifs is 1. The first kappa shape index (κ1) is 24.5. The molecule has 194 valence electrons. The van der Waals surface area contributed by atoms with E-state index in [1.54, 1.807) is 0 Å². The van der Waals surface area contributed by atoms with Gasteiger partial charge in [0.25, 0.3) is 5.56 Å². The summed E-state index contributed by atoms with van der Waals surface area (Å²) in [7, 11) is 0. The summed E-state index contributed by atoms with van der Waals surface area (Å²) < 4.78 is 6.96. The molecule has 2 aliphatic rings. The molecule has 1 N–H and O–H groups in total. The number of aromatic nitrogens is 2. The van der Waals surface area contributed by atoms with E-state index in [9.17, 15) is 9.59 Å². The van der Waals surface area contributed by atoms with Crippen molar-refractivity contribution in [2.75, 3.05) is 32.8 Å². The van der Waals surface area contributed by atoms with E-state index in [-0.39, 0.29) is 18.0 Å². The van der Waals surface area contributed by atoms with E-state index in [1.807, 2.05) is 48.5 Å². The van der Waals surface area contributed by atoms with Gasteiger partial charge in [-0.05, 0) is 47.6 Å². The lowest BCUT2D eigenvalue weighted by molar-refractivity contribution is -0.121. The van der Waals surface area contributed by atoms with Gasteiger partial charge in [-0.2, -0.15) is 0 Å². The number of ether oxygens (including phenoxy) is 1. The highest BCUT2D eigenvalue weighted by Gasteiger charge is 2.22. The van der Waals surface area contributed by atoms with Crippen molar-refractivity contribution in [2.24, 2.45) is 5.92 Å². The van der Waals surface area contributed by atoms with Crippen LogP contribution in [0.25, 0.3) is 33.4 Å². The van der Waals surface area contributed by atoms with E-state index >= 15 is 0 Å². The van der Waals surface area contributed by atoms with Crippen LogP contribution in [0.3, 0.4) is 0 Å². The maximum Gasteiger partial charge on any atom is 0.262 e. The van der Waals surface area contributed by atoms with Crippen LogP contribution in [0.1, 0.15) is 18.4 Å². The number of carbonyl (C=O) groups excluding carboxylic acids is 1. The minimum atomic E-state index is -0.207. The van der Waals surface area contributed by atoms with Gasteiger partial charge in [0.15, 0.2) is 0 Å². The molecule has 0 atom stereocenters. The Balaban J connectivity index is 1.32. The van der Waals surface area contributed by atoms with Crippen LogP contribution in [0, 0.1) is 5.92 Å². The molecular weight excluding hydrogens is 476 g/mol. The van der Waals surface area contributed by atoms with E-state index < -0.39 is 0 Å². The van der Waals surface area contributed by atoms with Crippen molar-refractivity contribution in [2.45, 2.75) is 25.9 Å². The largest absolute Gasteiger partial charge is 0.379 e. The fourth-order valence-corrected chi connectivity index (χ4v) is 4.95. The second-order valence-electron chi connectivity index (χ2n) is 10.3. The summed E-state index contributed by atoms with van der Waals surface area (Å²) in [5, 5.41) is 3.49. The number of hydrogen-bond donors (Lipinski definition) is 1. The first-order valence-electron chi connectivity index (χ1n) is 13.4. The highest BCUT2D eigenvalue weighted by atomic mass is 16.5. The van der Waals surface area contributed by atoms with Crippen LogP contribution in [-0.2, 0) is 22.6 Å². The predicted octanol–water partition coefficient (Wildman–Crippen LogP) is 4.09. The third-order valence-electron chi connectivity index (χ3n) is 7.37. The number of carbonyl (C=O) groups is 1. The Hall–Kier alpha value is -3.81. The van der Waals surface area contributed by atoms with E-state index in [1.165, 1.54) is 10.1 Å². The maximum atomic E-state index is 13.8. The average Bonchev–Trinajstić information content (AvgIpc) is 3.79. The number of benzene rings is 3. The number of nitrogens with zero attached hydrogens (tertiary/aromatic N) is 3. The second-order valence-corrected chi connectivity index (χ2v) is 10.3. The molecule has 4 aromatic rings.